The molecule has 0 radical (unpaired) electrons. The lowest BCUT2D eigenvalue weighted by Crippen LogP contribution is -2.35. The summed E-state index contributed by atoms with van der Waals surface area (Å²) in [4.78, 5) is 26.9. The Morgan fingerprint density at radius 3 is 2.59 bits per heavy atom. The maximum atomic E-state index is 10.9. The van der Waals surface area contributed by atoms with Crippen LogP contribution in [0, 0.1) is 0 Å². The second-order valence-electron chi connectivity index (χ2n) is 4.27. The summed E-state index contributed by atoms with van der Waals surface area (Å²) in [5, 5.41) is 3.69. The molecule has 0 aliphatic carbocycles. The molecule has 0 rings (SSSR count). The minimum Gasteiger partial charge on any atom is -0.433 e. The molecule has 0 aromatic heterocycles. The van der Waals surface area contributed by atoms with Crippen molar-refractivity contribution in [1.82, 2.24) is 10.4 Å². The van der Waals surface area contributed by atoms with Crippen LogP contribution in [0.25, 0.3) is 0 Å². The second-order valence-corrected chi connectivity index (χ2v) is 4.49. The third-order valence-electron chi connectivity index (χ3n) is 1.52. The number of alkyl halides is 1. The fraction of sp³-hybridized carbons (Fsp3) is 0.800. The molecule has 0 aromatic carbocycles. The lowest BCUT2D eigenvalue weighted by atomic mass is 10.2. The van der Waals surface area contributed by atoms with Gasteiger partial charge in [0.1, 0.15) is 0 Å². The van der Waals surface area contributed by atoms with Gasteiger partial charge in [-0.25, -0.2) is 9.86 Å². The van der Waals surface area contributed by atoms with Gasteiger partial charge in [-0.05, 0) is 27.2 Å². The molecule has 6 nitrogen and oxygen atoms in total. The summed E-state index contributed by atoms with van der Waals surface area (Å²) in [5.41, 5.74) is -0.425. The van der Waals surface area contributed by atoms with E-state index in [1.54, 1.807) is 0 Å². The molecule has 0 heterocycles. The fourth-order valence-electron chi connectivity index (χ4n) is 0.998. The molecule has 0 fully saturated rings. The normalized spacial score (nSPS) is 10.8. The van der Waals surface area contributed by atoms with Gasteiger partial charge >= 0.3 is 6.09 Å². The van der Waals surface area contributed by atoms with Gasteiger partial charge in [0.15, 0.2) is 6.07 Å². The van der Waals surface area contributed by atoms with Gasteiger partial charge < -0.3 is 10.1 Å². The van der Waals surface area contributed by atoms with E-state index in [4.69, 9.17) is 16.4 Å². The zero-order chi connectivity index (χ0) is 13.3. The van der Waals surface area contributed by atoms with E-state index in [0.717, 1.165) is 0 Å². The number of hydroxylamine groups is 2. The van der Waals surface area contributed by atoms with Gasteiger partial charge in [-0.3, -0.25) is 9.63 Å². The first-order valence-corrected chi connectivity index (χ1v) is 5.80. The van der Waals surface area contributed by atoms with Gasteiger partial charge in [-0.2, -0.15) is 0 Å². The quantitative estimate of drug-likeness (QED) is 0.328. The highest BCUT2D eigenvalue weighted by atomic mass is 35.5. The first-order chi connectivity index (χ1) is 7.89. The number of hydrogen-bond donors (Lipinski definition) is 1. The van der Waals surface area contributed by atoms with E-state index in [9.17, 15) is 9.59 Å². The van der Waals surface area contributed by atoms with Crippen molar-refractivity contribution < 1.29 is 19.2 Å². The van der Waals surface area contributed by atoms with Crippen LogP contribution in [0.4, 0.5) is 4.79 Å². The Morgan fingerprint density at radius 1 is 1.47 bits per heavy atom. The average molecular weight is 267 g/mol. The molecule has 0 bridgehead atoms. The Morgan fingerprint density at radius 2 is 2.12 bits per heavy atom. The van der Waals surface area contributed by atoms with Crippen LogP contribution in [0.3, 0.4) is 0 Å². The average Bonchev–Trinajstić information content (AvgIpc) is 2.21. The molecule has 0 atom stereocenters. The molecule has 1 N–H and O–H groups in total. The third-order valence-corrected chi connectivity index (χ3v) is 1.63. The van der Waals surface area contributed by atoms with Crippen LogP contribution in [-0.2, 0) is 14.4 Å². The van der Waals surface area contributed by atoms with Crippen LogP contribution in [0.5, 0.6) is 0 Å². The molecule has 100 valence electrons. The van der Waals surface area contributed by atoms with Crippen LogP contribution in [-0.4, -0.2) is 42.3 Å². The van der Waals surface area contributed by atoms with Crippen molar-refractivity contribution in [2.75, 3.05) is 19.2 Å². The number of hydrogen-bond acceptors (Lipinski definition) is 4. The standard InChI is InChI=1S/C10H19ClN2O4/c1-10(2,3)17-13(8-14)6-4-5-12-9(15)16-7-11/h8H,4-7H2,1-3H3,(H,12,15). The summed E-state index contributed by atoms with van der Waals surface area (Å²) in [6, 6.07) is -0.181. The van der Waals surface area contributed by atoms with Crippen LogP contribution >= 0.6 is 11.6 Å². The Bertz CT molecular complexity index is 243. The van der Waals surface area contributed by atoms with Crippen molar-refractivity contribution in [3.8, 4) is 0 Å². The summed E-state index contributed by atoms with van der Waals surface area (Å²) in [5.74, 6) is 0. The summed E-state index contributed by atoms with van der Waals surface area (Å²) in [7, 11) is 0. The van der Waals surface area contributed by atoms with Gasteiger partial charge in [-0.15, -0.1) is 0 Å². The fourth-order valence-corrected chi connectivity index (χ4v) is 1.10. The van der Waals surface area contributed by atoms with Gasteiger partial charge in [-0.1, -0.05) is 11.6 Å². The number of nitrogens with one attached hydrogen (secondary N) is 1. The molecule has 0 saturated carbocycles. The van der Waals surface area contributed by atoms with Crippen LogP contribution in [0.1, 0.15) is 27.2 Å². The Balaban J connectivity index is 3.71. The highest BCUT2D eigenvalue weighted by Crippen LogP contribution is 2.08. The Hall–Kier alpha value is -1.01. The molecule has 0 aromatic rings. The SMILES string of the molecule is CC(C)(C)ON(C=O)CCCNC(=O)OCCl. The molecule has 0 saturated heterocycles. The number of alkyl carbamates (subject to hydrolysis) is 1. The van der Waals surface area contributed by atoms with Crippen molar-refractivity contribution >= 4 is 24.1 Å². The van der Waals surface area contributed by atoms with Crippen molar-refractivity contribution in [3.63, 3.8) is 0 Å². The van der Waals surface area contributed by atoms with Gasteiger partial charge in [0.2, 0.25) is 6.41 Å². The molecule has 2 amide bonds. The highest BCUT2D eigenvalue weighted by molar-refractivity contribution is 6.17. The van der Waals surface area contributed by atoms with Crippen LogP contribution < -0.4 is 5.32 Å². The van der Waals surface area contributed by atoms with Crippen LogP contribution in [0.2, 0.25) is 0 Å². The molecule has 0 aliphatic heterocycles. The lowest BCUT2D eigenvalue weighted by Gasteiger charge is -2.26. The van der Waals surface area contributed by atoms with E-state index in [0.29, 0.717) is 25.9 Å². The third kappa shape index (κ3) is 9.89. The Labute approximate surface area is 106 Å². The van der Waals surface area contributed by atoms with Crippen molar-refractivity contribution in [2.24, 2.45) is 0 Å². The minimum absolute atomic E-state index is 0.181. The number of halogens is 1. The first kappa shape index (κ1) is 16.0. The number of amides is 2. The smallest absolute Gasteiger partial charge is 0.408 e. The van der Waals surface area contributed by atoms with Gasteiger partial charge in [0.05, 0.1) is 12.1 Å². The summed E-state index contributed by atoms with van der Waals surface area (Å²) in [6.45, 7) is 6.31. The first-order valence-electron chi connectivity index (χ1n) is 5.26. The van der Waals surface area contributed by atoms with Gasteiger partial charge in [0, 0.05) is 6.54 Å². The molecule has 0 spiro atoms. The zero-order valence-electron chi connectivity index (χ0n) is 10.4. The van der Waals surface area contributed by atoms with Crippen molar-refractivity contribution in [2.45, 2.75) is 32.8 Å². The molecule has 17 heavy (non-hydrogen) atoms. The van der Waals surface area contributed by atoms with Crippen LogP contribution in [0.15, 0.2) is 0 Å². The Kier molecular flexibility index (Phi) is 7.65. The van der Waals surface area contributed by atoms with E-state index in [-0.39, 0.29) is 6.07 Å². The summed E-state index contributed by atoms with van der Waals surface area (Å²) in [6.07, 6.45) is 0.601. The number of carbonyl (C=O) groups excluding carboxylic acids is 2. The van der Waals surface area contributed by atoms with Gasteiger partial charge in [0.25, 0.3) is 0 Å². The predicted octanol–water partition coefficient (Wildman–Crippen LogP) is 1.49. The van der Waals surface area contributed by atoms with E-state index in [1.807, 2.05) is 20.8 Å². The zero-order valence-corrected chi connectivity index (χ0v) is 11.1. The van der Waals surface area contributed by atoms with E-state index in [2.05, 4.69) is 10.1 Å². The maximum Gasteiger partial charge on any atom is 0.408 e. The monoisotopic (exact) mass is 266 g/mol. The minimum atomic E-state index is -0.575. The summed E-state index contributed by atoms with van der Waals surface area (Å²) >= 11 is 5.20. The molecular weight excluding hydrogens is 248 g/mol. The highest BCUT2D eigenvalue weighted by Gasteiger charge is 2.15. The lowest BCUT2D eigenvalue weighted by molar-refractivity contribution is -0.216. The molecule has 0 unspecified atom stereocenters. The van der Waals surface area contributed by atoms with Crippen molar-refractivity contribution in [3.05, 3.63) is 0 Å². The molecular formula is C10H19ClN2O4. The largest absolute Gasteiger partial charge is 0.433 e. The number of ether oxygens (including phenoxy) is 1. The van der Waals surface area contributed by atoms with E-state index >= 15 is 0 Å². The summed E-state index contributed by atoms with van der Waals surface area (Å²) < 4.78 is 4.46. The number of rotatable bonds is 7. The number of nitrogens with zero attached hydrogens (tertiary/aromatic N) is 1. The van der Waals surface area contributed by atoms with E-state index < -0.39 is 11.7 Å². The molecule has 7 heteroatoms. The maximum absolute atomic E-state index is 10.9. The van der Waals surface area contributed by atoms with E-state index in [1.165, 1.54) is 5.06 Å². The topological polar surface area (TPSA) is 67.9 Å². The predicted molar refractivity (Wildman–Crippen MR) is 63.4 cm³/mol. The molecule has 0 aliphatic rings. The second kappa shape index (κ2) is 8.14. The van der Waals surface area contributed by atoms with Crippen molar-refractivity contribution in [1.29, 1.82) is 0 Å². The number of carbonyl (C=O) groups is 2.